The van der Waals surface area contributed by atoms with Crippen molar-refractivity contribution in [2.75, 3.05) is 21.3 Å². The van der Waals surface area contributed by atoms with Crippen molar-refractivity contribution in [3.05, 3.63) is 59.2 Å². The molecule has 0 aliphatic carbocycles. The Labute approximate surface area is 205 Å². The maximum Gasteiger partial charge on any atom is 0.312 e. The van der Waals surface area contributed by atoms with Gasteiger partial charge in [-0.05, 0) is 62.1 Å². The number of benzene rings is 2. The maximum absolute atomic E-state index is 14.7. The molecule has 35 heavy (non-hydrogen) atoms. The first-order chi connectivity index (χ1) is 16.7. The number of aromatic nitrogens is 1. The van der Waals surface area contributed by atoms with Crippen LogP contribution in [0.2, 0.25) is 0 Å². The quantitative estimate of drug-likeness (QED) is 0.298. The molecule has 3 rings (SSSR count). The number of hydrogen-bond donors (Lipinski definition) is 0. The summed E-state index contributed by atoms with van der Waals surface area (Å²) in [7, 11) is 4.24. The van der Waals surface area contributed by atoms with Gasteiger partial charge in [-0.3, -0.25) is 14.6 Å². The highest BCUT2D eigenvalue weighted by Crippen LogP contribution is 2.37. The average Bonchev–Trinajstić information content (AvgIpc) is 2.87. The number of carbonyl (C=O) groups is 2. The molecule has 1 heterocycles. The molecule has 0 N–H and O–H groups in total. The van der Waals surface area contributed by atoms with Gasteiger partial charge in [-0.1, -0.05) is 13.8 Å². The number of rotatable bonds is 8. The summed E-state index contributed by atoms with van der Waals surface area (Å²) < 4.78 is 35.9. The van der Waals surface area contributed by atoms with Crippen LogP contribution >= 0.6 is 0 Å². The molecule has 0 amide bonds. The number of ketones is 1. The van der Waals surface area contributed by atoms with Crippen LogP contribution in [0.4, 0.5) is 4.39 Å². The molecule has 1 atom stereocenters. The van der Waals surface area contributed by atoms with Crippen LogP contribution in [0.5, 0.6) is 17.2 Å². The molecule has 3 aromatic rings. The summed E-state index contributed by atoms with van der Waals surface area (Å²) in [6, 6.07) is 7.26. The molecule has 0 saturated carbocycles. The normalized spacial score (nSPS) is 11.4. The average molecular weight is 486 g/mol. The molecule has 0 bridgehead atoms. The molecule has 0 spiro atoms. The maximum atomic E-state index is 14.7. The predicted molar refractivity (Wildman–Crippen MR) is 132 cm³/mol. The minimum Gasteiger partial charge on any atom is -0.493 e. The Kier molecular flexibility index (Phi) is 9.57. The van der Waals surface area contributed by atoms with Crippen molar-refractivity contribution < 1.29 is 32.9 Å². The zero-order valence-electron chi connectivity index (χ0n) is 21.4. The Bertz CT molecular complexity index is 1210. The van der Waals surface area contributed by atoms with Crippen LogP contribution in [0.25, 0.3) is 10.8 Å². The second-order valence-corrected chi connectivity index (χ2v) is 7.70. The Hall–Kier alpha value is -3.68. The first-order valence-corrected chi connectivity index (χ1v) is 11.3. The van der Waals surface area contributed by atoms with Crippen LogP contribution in [0.1, 0.15) is 62.2 Å². The zero-order valence-corrected chi connectivity index (χ0v) is 21.4. The van der Waals surface area contributed by atoms with Crippen LogP contribution in [-0.4, -0.2) is 44.2 Å². The number of ether oxygens (including phenoxy) is 4. The van der Waals surface area contributed by atoms with E-state index in [0.717, 1.165) is 0 Å². The van der Waals surface area contributed by atoms with Gasteiger partial charge in [0, 0.05) is 11.6 Å². The van der Waals surface area contributed by atoms with Gasteiger partial charge in [-0.25, -0.2) is 4.39 Å². The molecular weight excluding hydrogens is 453 g/mol. The minimum absolute atomic E-state index is 0.00682. The van der Waals surface area contributed by atoms with Gasteiger partial charge >= 0.3 is 5.97 Å². The molecule has 8 heteroatoms. The molecule has 188 valence electrons. The van der Waals surface area contributed by atoms with E-state index in [1.165, 1.54) is 45.7 Å². The number of fused-ring (bicyclic) bond motifs is 1. The minimum atomic E-state index is -0.696. The van der Waals surface area contributed by atoms with Gasteiger partial charge in [0.2, 0.25) is 5.78 Å². The lowest BCUT2D eigenvalue weighted by Crippen LogP contribution is -2.14. The van der Waals surface area contributed by atoms with Crippen LogP contribution in [0.3, 0.4) is 0 Å². The van der Waals surface area contributed by atoms with Gasteiger partial charge in [0.1, 0.15) is 17.3 Å². The molecule has 0 aliphatic rings. The first kappa shape index (κ1) is 27.6. The van der Waals surface area contributed by atoms with Gasteiger partial charge in [-0.15, -0.1) is 0 Å². The Morgan fingerprint density at radius 2 is 1.51 bits per heavy atom. The summed E-state index contributed by atoms with van der Waals surface area (Å²) in [4.78, 5) is 30.0. The van der Waals surface area contributed by atoms with Gasteiger partial charge in [0.05, 0.1) is 38.9 Å². The summed E-state index contributed by atoms with van der Waals surface area (Å²) in [5.74, 6) is -1.31. The fourth-order valence-corrected chi connectivity index (χ4v) is 3.57. The molecule has 0 fully saturated rings. The number of methoxy groups -OCH3 is 3. The summed E-state index contributed by atoms with van der Waals surface area (Å²) in [5.41, 5.74) is 0.365. The van der Waals surface area contributed by atoms with E-state index in [1.807, 2.05) is 27.7 Å². The topological polar surface area (TPSA) is 84.0 Å². The van der Waals surface area contributed by atoms with Gasteiger partial charge in [0.15, 0.2) is 11.5 Å². The molecular formula is C27H32FNO6. The highest BCUT2D eigenvalue weighted by molar-refractivity contribution is 6.16. The lowest BCUT2D eigenvalue weighted by atomic mass is 9.93. The van der Waals surface area contributed by atoms with Crippen molar-refractivity contribution in [1.29, 1.82) is 0 Å². The molecule has 7 nitrogen and oxygen atoms in total. The van der Waals surface area contributed by atoms with E-state index in [4.69, 9.17) is 18.9 Å². The molecule has 2 aromatic carbocycles. The predicted octanol–water partition coefficient (Wildman–Crippen LogP) is 5.71. The number of halogens is 1. The second-order valence-electron chi connectivity index (χ2n) is 7.70. The number of nitrogens with zero attached hydrogens (tertiary/aromatic N) is 1. The third-order valence-electron chi connectivity index (χ3n) is 5.21. The number of pyridine rings is 1. The lowest BCUT2D eigenvalue weighted by Gasteiger charge is -2.17. The van der Waals surface area contributed by atoms with E-state index in [2.05, 4.69) is 4.98 Å². The summed E-state index contributed by atoms with van der Waals surface area (Å²) in [6.07, 6.45) is 1.28. The molecule has 1 unspecified atom stereocenters. The third-order valence-corrected chi connectivity index (χ3v) is 5.21. The largest absolute Gasteiger partial charge is 0.493 e. The van der Waals surface area contributed by atoms with Gasteiger partial charge < -0.3 is 18.9 Å². The fourth-order valence-electron chi connectivity index (χ4n) is 3.57. The SMILES string of the molecule is CC.COC(=O)C(C)c1cnc(C(=O)c2cc(OC(C)C)ccc2F)c2cc(OC)c(OC)cc12. The summed E-state index contributed by atoms with van der Waals surface area (Å²) in [6.45, 7) is 9.34. The molecule has 0 radical (unpaired) electrons. The van der Waals surface area contributed by atoms with Crippen molar-refractivity contribution in [1.82, 2.24) is 4.98 Å². The van der Waals surface area contributed by atoms with Crippen molar-refractivity contribution in [2.45, 2.75) is 46.6 Å². The fraction of sp³-hybridized carbons (Fsp3) is 0.370. The van der Waals surface area contributed by atoms with Gasteiger partial charge in [0.25, 0.3) is 0 Å². The standard InChI is InChI=1S/C25H26FNO6.C2H6/c1-13(2)33-15-7-8-20(26)18(9-15)24(28)23-17-11-22(31-5)21(30-4)10-16(17)19(12-27-23)14(3)25(29)32-6;1-2/h7-14H,1-6H3;1-2H3. The zero-order chi connectivity index (χ0) is 26.3. The summed E-state index contributed by atoms with van der Waals surface area (Å²) in [5, 5.41) is 0.930. The number of carbonyl (C=O) groups excluding carboxylic acids is 2. The summed E-state index contributed by atoms with van der Waals surface area (Å²) >= 11 is 0. The van der Waals surface area contributed by atoms with Crippen LogP contribution < -0.4 is 14.2 Å². The highest BCUT2D eigenvalue weighted by atomic mass is 19.1. The van der Waals surface area contributed by atoms with Crippen molar-refractivity contribution in [3.63, 3.8) is 0 Å². The lowest BCUT2D eigenvalue weighted by molar-refractivity contribution is -0.141. The molecule has 1 aromatic heterocycles. The van der Waals surface area contributed by atoms with E-state index in [1.54, 1.807) is 19.1 Å². The smallest absolute Gasteiger partial charge is 0.312 e. The monoisotopic (exact) mass is 485 g/mol. The number of hydrogen-bond acceptors (Lipinski definition) is 7. The second kappa shape index (κ2) is 12.1. The number of esters is 1. The third kappa shape index (κ3) is 5.88. The van der Waals surface area contributed by atoms with Crippen molar-refractivity contribution >= 4 is 22.5 Å². The van der Waals surface area contributed by atoms with Crippen molar-refractivity contribution in [2.24, 2.45) is 0 Å². The van der Waals surface area contributed by atoms with Crippen LogP contribution in [-0.2, 0) is 9.53 Å². The van der Waals surface area contributed by atoms with Crippen molar-refractivity contribution in [3.8, 4) is 17.2 Å². The first-order valence-electron chi connectivity index (χ1n) is 11.3. The van der Waals surface area contributed by atoms with Crippen LogP contribution in [0, 0.1) is 5.82 Å². The van der Waals surface area contributed by atoms with Gasteiger partial charge in [-0.2, -0.15) is 0 Å². The highest BCUT2D eigenvalue weighted by Gasteiger charge is 2.25. The van der Waals surface area contributed by atoms with Crippen LogP contribution in [0.15, 0.2) is 36.5 Å². The Balaban J connectivity index is 0.00000210. The molecule has 0 aliphatic heterocycles. The van der Waals surface area contributed by atoms with E-state index < -0.39 is 23.5 Å². The molecule has 0 saturated heterocycles. The van der Waals surface area contributed by atoms with E-state index in [0.29, 0.717) is 33.6 Å². The van der Waals surface area contributed by atoms with E-state index >= 15 is 0 Å². The van der Waals surface area contributed by atoms with E-state index in [9.17, 15) is 14.0 Å². The Morgan fingerprint density at radius 1 is 0.914 bits per heavy atom. The Morgan fingerprint density at radius 3 is 2.06 bits per heavy atom. The van der Waals surface area contributed by atoms with E-state index in [-0.39, 0.29) is 17.4 Å².